The number of hydrogen-bond acceptors (Lipinski definition) is 3. The Balaban J connectivity index is 2.90. The van der Waals surface area contributed by atoms with E-state index in [1.807, 2.05) is 0 Å². The van der Waals surface area contributed by atoms with Crippen molar-refractivity contribution >= 4 is 11.5 Å². The van der Waals surface area contributed by atoms with Gasteiger partial charge in [0.05, 0.1) is 7.11 Å². The van der Waals surface area contributed by atoms with Gasteiger partial charge in [0.25, 0.3) is 0 Å². The quantitative estimate of drug-likeness (QED) is 0.544. The van der Waals surface area contributed by atoms with E-state index in [0.717, 1.165) is 4.88 Å². The maximum absolute atomic E-state index is 5.08. The summed E-state index contributed by atoms with van der Waals surface area (Å²) in [7, 11) is 1.56. The Morgan fingerprint density at radius 1 is 1.89 bits per heavy atom. The lowest BCUT2D eigenvalue weighted by atomic mass is 10.5. The zero-order chi connectivity index (χ0) is 6.69. The molecular formula is C6H5NOS. The number of rotatable bonds is 1. The molecule has 0 aromatic carbocycles. The van der Waals surface area contributed by atoms with E-state index < -0.39 is 0 Å². The normalized spacial score (nSPS) is 8.44. The SMILES string of the molecule is C#Cc1cc(OC)ns1. The van der Waals surface area contributed by atoms with Crippen molar-refractivity contribution in [1.29, 1.82) is 0 Å². The molecule has 0 bridgehead atoms. The Morgan fingerprint density at radius 3 is 3.00 bits per heavy atom. The van der Waals surface area contributed by atoms with E-state index in [4.69, 9.17) is 11.2 Å². The number of hydrogen-bond donors (Lipinski definition) is 0. The first-order chi connectivity index (χ1) is 4.36. The fourth-order valence-electron chi connectivity index (χ4n) is 0.423. The molecule has 0 saturated heterocycles. The van der Waals surface area contributed by atoms with Gasteiger partial charge in [-0.25, -0.2) is 0 Å². The molecule has 0 N–H and O–H groups in total. The number of aromatic nitrogens is 1. The van der Waals surface area contributed by atoms with E-state index in [9.17, 15) is 0 Å². The molecule has 9 heavy (non-hydrogen) atoms. The molecule has 2 nitrogen and oxygen atoms in total. The predicted molar refractivity (Wildman–Crippen MR) is 36.6 cm³/mol. The Labute approximate surface area is 57.6 Å². The molecule has 46 valence electrons. The molecule has 0 aliphatic rings. The van der Waals surface area contributed by atoms with Crippen LogP contribution in [0.25, 0.3) is 0 Å². The summed E-state index contributed by atoms with van der Waals surface area (Å²) in [6.07, 6.45) is 5.08. The van der Waals surface area contributed by atoms with E-state index in [0.29, 0.717) is 5.88 Å². The van der Waals surface area contributed by atoms with E-state index in [-0.39, 0.29) is 0 Å². The third kappa shape index (κ3) is 1.21. The molecule has 0 aliphatic heterocycles. The van der Waals surface area contributed by atoms with Gasteiger partial charge in [-0.3, -0.25) is 0 Å². The molecule has 0 aliphatic carbocycles. The molecule has 0 radical (unpaired) electrons. The zero-order valence-electron chi connectivity index (χ0n) is 4.92. The summed E-state index contributed by atoms with van der Waals surface area (Å²) >= 11 is 1.26. The van der Waals surface area contributed by atoms with Gasteiger partial charge in [-0.2, -0.15) is 4.37 Å². The lowest BCUT2D eigenvalue weighted by molar-refractivity contribution is 0.402. The van der Waals surface area contributed by atoms with Crippen molar-refractivity contribution < 1.29 is 4.74 Å². The fourth-order valence-corrected chi connectivity index (χ4v) is 0.945. The van der Waals surface area contributed by atoms with Gasteiger partial charge in [0.15, 0.2) is 0 Å². The topological polar surface area (TPSA) is 22.1 Å². The predicted octanol–water partition coefficient (Wildman–Crippen LogP) is 1.13. The highest BCUT2D eigenvalue weighted by Gasteiger charge is 1.95. The van der Waals surface area contributed by atoms with Crippen LogP contribution in [0.5, 0.6) is 5.88 Å². The average molecular weight is 139 g/mol. The van der Waals surface area contributed by atoms with Crippen LogP contribution < -0.4 is 4.74 Å². The van der Waals surface area contributed by atoms with Gasteiger partial charge in [0.2, 0.25) is 5.88 Å². The first kappa shape index (κ1) is 6.12. The van der Waals surface area contributed by atoms with Gasteiger partial charge in [-0.1, -0.05) is 5.92 Å². The zero-order valence-corrected chi connectivity index (χ0v) is 5.73. The van der Waals surface area contributed by atoms with Crippen LogP contribution in [0.15, 0.2) is 6.07 Å². The summed E-state index contributed by atoms with van der Waals surface area (Å²) in [5.41, 5.74) is 0. The maximum atomic E-state index is 5.08. The van der Waals surface area contributed by atoms with Gasteiger partial charge < -0.3 is 4.74 Å². The minimum atomic E-state index is 0.591. The van der Waals surface area contributed by atoms with Crippen LogP contribution in [-0.2, 0) is 0 Å². The highest BCUT2D eigenvalue weighted by Crippen LogP contribution is 2.13. The number of ether oxygens (including phenoxy) is 1. The second-order valence-corrected chi connectivity index (χ2v) is 2.18. The standard InChI is InChI=1S/C6H5NOS/c1-3-5-4-6(8-2)7-9-5/h1,4H,2H3. The maximum Gasteiger partial charge on any atom is 0.226 e. The van der Waals surface area contributed by atoms with E-state index in [1.165, 1.54) is 11.5 Å². The summed E-state index contributed by atoms with van der Waals surface area (Å²) in [4.78, 5) is 0.798. The van der Waals surface area contributed by atoms with Crippen molar-refractivity contribution in [3.8, 4) is 18.2 Å². The molecule has 1 aromatic rings. The van der Waals surface area contributed by atoms with Crippen molar-refractivity contribution in [2.45, 2.75) is 0 Å². The van der Waals surface area contributed by atoms with E-state index in [1.54, 1.807) is 13.2 Å². The molecule has 0 atom stereocenters. The summed E-state index contributed by atoms with van der Waals surface area (Å²) in [5, 5.41) is 0. The third-order valence-corrected chi connectivity index (χ3v) is 1.54. The second-order valence-electron chi connectivity index (χ2n) is 1.38. The number of methoxy groups -OCH3 is 1. The van der Waals surface area contributed by atoms with Crippen LogP contribution in [0, 0.1) is 12.3 Å². The Kier molecular flexibility index (Phi) is 1.71. The summed E-state index contributed by atoms with van der Waals surface area (Å²) in [6.45, 7) is 0. The van der Waals surface area contributed by atoms with Gasteiger partial charge in [-0.15, -0.1) is 6.42 Å². The van der Waals surface area contributed by atoms with Crippen molar-refractivity contribution in [2.24, 2.45) is 0 Å². The first-order valence-corrected chi connectivity index (χ1v) is 3.11. The Bertz CT molecular complexity index is 235. The van der Waals surface area contributed by atoms with Gasteiger partial charge >= 0.3 is 0 Å². The van der Waals surface area contributed by atoms with Crippen LogP contribution in [-0.4, -0.2) is 11.5 Å². The summed E-state index contributed by atoms with van der Waals surface area (Å²) in [6, 6.07) is 1.73. The largest absolute Gasteiger partial charge is 0.480 e. The summed E-state index contributed by atoms with van der Waals surface area (Å²) in [5.74, 6) is 3.05. The minimum absolute atomic E-state index is 0.591. The van der Waals surface area contributed by atoms with Gasteiger partial charge in [0, 0.05) is 6.07 Å². The highest BCUT2D eigenvalue weighted by atomic mass is 32.1. The molecule has 1 rings (SSSR count). The first-order valence-electron chi connectivity index (χ1n) is 2.34. The van der Waals surface area contributed by atoms with Crippen molar-refractivity contribution in [3.05, 3.63) is 10.9 Å². The van der Waals surface area contributed by atoms with Crippen LogP contribution in [0.3, 0.4) is 0 Å². The molecule has 0 amide bonds. The van der Waals surface area contributed by atoms with Crippen LogP contribution >= 0.6 is 11.5 Å². The molecule has 1 heterocycles. The molecule has 0 fully saturated rings. The van der Waals surface area contributed by atoms with Gasteiger partial charge in [-0.05, 0) is 11.5 Å². The van der Waals surface area contributed by atoms with Crippen LogP contribution in [0.1, 0.15) is 4.88 Å². The van der Waals surface area contributed by atoms with Crippen molar-refractivity contribution in [1.82, 2.24) is 4.37 Å². The molecule has 0 spiro atoms. The van der Waals surface area contributed by atoms with Crippen molar-refractivity contribution in [3.63, 3.8) is 0 Å². The third-order valence-electron chi connectivity index (χ3n) is 0.840. The molecular weight excluding hydrogens is 134 g/mol. The second kappa shape index (κ2) is 2.51. The lowest BCUT2D eigenvalue weighted by Gasteiger charge is -1.85. The summed E-state index contributed by atoms with van der Waals surface area (Å²) < 4.78 is 8.68. The molecule has 3 heteroatoms. The smallest absolute Gasteiger partial charge is 0.226 e. The number of terminal acetylenes is 1. The van der Waals surface area contributed by atoms with Crippen molar-refractivity contribution in [2.75, 3.05) is 7.11 Å². The van der Waals surface area contributed by atoms with Crippen LogP contribution in [0.4, 0.5) is 0 Å². The Morgan fingerprint density at radius 2 is 2.67 bits per heavy atom. The number of nitrogens with zero attached hydrogens (tertiary/aromatic N) is 1. The molecule has 0 unspecified atom stereocenters. The Hall–Kier alpha value is -1.01. The van der Waals surface area contributed by atoms with Crippen LogP contribution in [0.2, 0.25) is 0 Å². The lowest BCUT2D eigenvalue weighted by Crippen LogP contribution is -1.78. The average Bonchev–Trinajstić information content (AvgIpc) is 2.34. The minimum Gasteiger partial charge on any atom is -0.480 e. The monoisotopic (exact) mass is 139 g/mol. The van der Waals surface area contributed by atoms with E-state index in [2.05, 4.69) is 10.3 Å². The fraction of sp³-hybridized carbons (Fsp3) is 0.167. The van der Waals surface area contributed by atoms with E-state index >= 15 is 0 Å². The molecule has 0 saturated carbocycles. The van der Waals surface area contributed by atoms with Gasteiger partial charge in [0.1, 0.15) is 4.88 Å². The highest BCUT2D eigenvalue weighted by molar-refractivity contribution is 7.06. The molecule has 1 aromatic heterocycles.